The molecule has 0 saturated heterocycles. The molecule has 6 nitrogen and oxygen atoms in total. The molecule has 1 amide bonds. The van der Waals surface area contributed by atoms with Gasteiger partial charge in [0.15, 0.2) is 0 Å². The molecule has 0 atom stereocenters. The van der Waals surface area contributed by atoms with Crippen LogP contribution in [0.4, 0.5) is 10.1 Å². The van der Waals surface area contributed by atoms with E-state index in [9.17, 15) is 9.18 Å². The second kappa shape index (κ2) is 9.18. The van der Waals surface area contributed by atoms with Crippen LogP contribution in [0.15, 0.2) is 66.0 Å². The molecule has 0 unspecified atom stereocenters. The molecule has 8 heteroatoms. The molecule has 0 aliphatic rings. The molecule has 2 aromatic heterocycles. The van der Waals surface area contributed by atoms with E-state index in [4.69, 9.17) is 4.74 Å². The molecule has 0 radical (unpaired) electrons. The van der Waals surface area contributed by atoms with Crippen LogP contribution in [-0.4, -0.2) is 32.9 Å². The predicted molar refractivity (Wildman–Crippen MR) is 120 cm³/mol. The number of anilines is 1. The Labute approximate surface area is 183 Å². The third kappa shape index (κ3) is 4.86. The van der Waals surface area contributed by atoms with Crippen molar-refractivity contribution in [3.05, 3.63) is 72.3 Å². The number of halogens is 1. The third-order valence-electron chi connectivity index (χ3n) is 4.61. The molecule has 4 aromatic rings. The molecule has 0 bridgehead atoms. The summed E-state index contributed by atoms with van der Waals surface area (Å²) in [5.41, 5.74) is 3.54. The molecular weight excluding hydrogens is 415 g/mol. The Morgan fingerprint density at radius 1 is 1.19 bits per heavy atom. The van der Waals surface area contributed by atoms with Gasteiger partial charge in [0.1, 0.15) is 16.6 Å². The van der Waals surface area contributed by atoms with Gasteiger partial charge in [-0.25, -0.2) is 13.9 Å². The lowest BCUT2D eigenvalue weighted by molar-refractivity contribution is -0.113. The highest BCUT2D eigenvalue weighted by Gasteiger charge is 2.12. The third-order valence-corrected chi connectivity index (χ3v) is 5.61. The zero-order valence-electron chi connectivity index (χ0n) is 17.1. The standard InChI is InChI=1S/C23H21FN4O2S/c1-3-30-18-8-5-16(6-9-18)20-13-21-23(25-10-11-28(21)27-20)31-14-22(29)26-17-7-4-15(2)19(24)12-17/h4-13H,3,14H2,1-2H3,(H,26,29). The minimum Gasteiger partial charge on any atom is -0.494 e. The topological polar surface area (TPSA) is 68.5 Å². The van der Waals surface area contributed by atoms with E-state index in [1.165, 1.54) is 17.8 Å². The van der Waals surface area contributed by atoms with Crippen molar-refractivity contribution in [1.82, 2.24) is 14.6 Å². The van der Waals surface area contributed by atoms with Crippen molar-refractivity contribution in [3.8, 4) is 17.0 Å². The number of carbonyl (C=O) groups is 1. The van der Waals surface area contributed by atoms with E-state index >= 15 is 0 Å². The van der Waals surface area contributed by atoms with E-state index in [0.29, 0.717) is 22.9 Å². The smallest absolute Gasteiger partial charge is 0.234 e. The van der Waals surface area contributed by atoms with Gasteiger partial charge in [-0.3, -0.25) is 4.79 Å². The van der Waals surface area contributed by atoms with Crippen molar-refractivity contribution in [3.63, 3.8) is 0 Å². The molecule has 0 saturated carbocycles. The summed E-state index contributed by atoms with van der Waals surface area (Å²) in [4.78, 5) is 16.7. The van der Waals surface area contributed by atoms with Crippen LogP contribution >= 0.6 is 11.8 Å². The first-order valence-corrected chi connectivity index (χ1v) is 10.8. The number of fused-ring (bicyclic) bond motifs is 1. The van der Waals surface area contributed by atoms with Gasteiger partial charge in [-0.05, 0) is 61.9 Å². The maximum Gasteiger partial charge on any atom is 0.234 e. The molecular formula is C23H21FN4O2S. The van der Waals surface area contributed by atoms with Crippen molar-refractivity contribution in [1.29, 1.82) is 0 Å². The number of benzene rings is 2. The lowest BCUT2D eigenvalue weighted by Crippen LogP contribution is -2.14. The molecule has 0 spiro atoms. The average Bonchev–Trinajstić information content (AvgIpc) is 3.20. The summed E-state index contributed by atoms with van der Waals surface area (Å²) in [5.74, 6) is 0.375. The molecule has 0 aliphatic carbocycles. The minimum absolute atomic E-state index is 0.145. The van der Waals surface area contributed by atoms with Crippen LogP contribution in [0.1, 0.15) is 12.5 Å². The monoisotopic (exact) mass is 436 g/mol. The van der Waals surface area contributed by atoms with E-state index < -0.39 is 0 Å². The van der Waals surface area contributed by atoms with Crippen LogP contribution in [0, 0.1) is 12.7 Å². The number of carbonyl (C=O) groups excluding carboxylic acids is 1. The fraction of sp³-hybridized carbons (Fsp3) is 0.174. The maximum atomic E-state index is 13.7. The highest BCUT2D eigenvalue weighted by molar-refractivity contribution is 8.00. The Kier molecular flexibility index (Phi) is 6.18. The van der Waals surface area contributed by atoms with Crippen LogP contribution in [0.25, 0.3) is 16.8 Å². The number of aryl methyl sites for hydroxylation is 1. The van der Waals surface area contributed by atoms with E-state index in [2.05, 4.69) is 15.4 Å². The molecule has 4 rings (SSSR count). The number of thioether (sulfide) groups is 1. The molecule has 2 heterocycles. The second-order valence-corrected chi connectivity index (χ2v) is 7.81. The number of hydrogen-bond donors (Lipinski definition) is 1. The highest BCUT2D eigenvalue weighted by atomic mass is 32.2. The van der Waals surface area contributed by atoms with E-state index in [1.54, 1.807) is 36.0 Å². The van der Waals surface area contributed by atoms with Crippen LogP contribution in [0.5, 0.6) is 5.75 Å². The number of rotatable bonds is 7. The first-order valence-electron chi connectivity index (χ1n) is 9.80. The zero-order valence-corrected chi connectivity index (χ0v) is 17.9. The SMILES string of the molecule is CCOc1ccc(-c2cc3c(SCC(=O)Nc4ccc(C)c(F)c4)nccn3n2)cc1. The molecule has 31 heavy (non-hydrogen) atoms. The number of aromatic nitrogens is 3. The second-order valence-electron chi connectivity index (χ2n) is 6.85. The Morgan fingerprint density at radius 3 is 2.74 bits per heavy atom. The Morgan fingerprint density at radius 2 is 2.00 bits per heavy atom. The van der Waals surface area contributed by atoms with Crippen molar-refractivity contribution >= 4 is 28.9 Å². The van der Waals surface area contributed by atoms with E-state index in [-0.39, 0.29) is 17.5 Å². The van der Waals surface area contributed by atoms with Gasteiger partial charge in [0, 0.05) is 23.6 Å². The maximum absolute atomic E-state index is 13.7. The fourth-order valence-electron chi connectivity index (χ4n) is 3.04. The zero-order chi connectivity index (χ0) is 21.8. The molecule has 1 N–H and O–H groups in total. The summed E-state index contributed by atoms with van der Waals surface area (Å²) in [7, 11) is 0. The van der Waals surface area contributed by atoms with Gasteiger partial charge >= 0.3 is 0 Å². The lowest BCUT2D eigenvalue weighted by atomic mass is 10.1. The summed E-state index contributed by atoms with van der Waals surface area (Å²) >= 11 is 1.30. The minimum atomic E-state index is -0.349. The van der Waals surface area contributed by atoms with Crippen LogP contribution in [0.3, 0.4) is 0 Å². The average molecular weight is 437 g/mol. The summed E-state index contributed by atoms with van der Waals surface area (Å²) in [6, 6.07) is 14.3. The van der Waals surface area contributed by atoms with Gasteiger partial charge in [-0.1, -0.05) is 17.8 Å². The van der Waals surface area contributed by atoms with Crippen LogP contribution < -0.4 is 10.1 Å². The van der Waals surface area contributed by atoms with Crippen LogP contribution in [-0.2, 0) is 4.79 Å². The molecule has 2 aromatic carbocycles. The largest absolute Gasteiger partial charge is 0.494 e. The van der Waals surface area contributed by atoms with Gasteiger partial charge in [0.25, 0.3) is 0 Å². The number of nitrogens with zero attached hydrogens (tertiary/aromatic N) is 3. The molecule has 0 aliphatic heterocycles. The van der Waals surface area contributed by atoms with Gasteiger partial charge in [0.2, 0.25) is 5.91 Å². The van der Waals surface area contributed by atoms with Crippen molar-refractivity contribution in [2.45, 2.75) is 18.9 Å². The molecule has 0 fully saturated rings. The van der Waals surface area contributed by atoms with E-state index in [0.717, 1.165) is 22.5 Å². The Balaban J connectivity index is 1.47. The Hall–Kier alpha value is -3.39. The molecule has 158 valence electrons. The summed E-state index contributed by atoms with van der Waals surface area (Å²) in [6.07, 6.45) is 3.42. The predicted octanol–water partition coefficient (Wildman–Crippen LogP) is 4.97. The number of ether oxygens (including phenoxy) is 1. The van der Waals surface area contributed by atoms with Crippen molar-refractivity contribution in [2.24, 2.45) is 0 Å². The summed E-state index contributed by atoms with van der Waals surface area (Å²) in [5, 5.41) is 8.02. The normalized spacial score (nSPS) is 10.9. The van der Waals surface area contributed by atoms with Gasteiger partial charge < -0.3 is 10.1 Å². The quantitative estimate of drug-likeness (QED) is 0.414. The number of hydrogen-bond acceptors (Lipinski definition) is 5. The van der Waals surface area contributed by atoms with Gasteiger partial charge in [0.05, 0.1) is 23.6 Å². The summed E-state index contributed by atoms with van der Waals surface area (Å²) in [6.45, 7) is 4.24. The first kappa shape index (κ1) is 20.9. The fourth-order valence-corrected chi connectivity index (χ4v) is 3.82. The van der Waals surface area contributed by atoms with Crippen LogP contribution in [0.2, 0.25) is 0 Å². The lowest BCUT2D eigenvalue weighted by Gasteiger charge is -2.06. The Bertz CT molecular complexity index is 1220. The number of amides is 1. The van der Waals surface area contributed by atoms with Gasteiger partial charge in [-0.15, -0.1) is 0 Å². The first-order chi connectivity index (χ1) is 15.0. The van der Waals surface area contributed by atoms with Gasteiger partial charge in [-0.2, -0.15) is 5.10 Å². The number of nitrogens with one attached hydrogen (secondary N) is 1. The van der Waals surface area contributed by atoms with E-state index in [1.807, 2.05) is 37.3 Å². The van der Waals surface area contributed by atoms with Crippen molar-refractivity contribution < 1.29 is 13.9 Å². The highest BCUT2D eigenvalue weighted by Crippen LogP contribution is 2.27. The van der Waals surface area contributed by atoms with Crippen molar-refractivity contribution in [2.75, 3.05) is 17.7 Å². The summed E-state index contributed by atoms with van der Waals surface area (Å²) < 4.78 is 20.9.